The number of nitrogens with one attached hydrogen (secondary N) is 1. The normalized spacial score (nSPS) is 14.3. The summed E-state index contributed by atoms with van der Waals surface area (Å²) >= 11 is 0. The molecule has 0 atom stereocenters. The van der Waals surface area contributed by atoms with Crippen molar-refractivity contribution in [1.82, 2.24) is 0 Å². The van der Waals surface area contributed by atoms with E-state index in [0.29, 0.717) is 24.3 Å². The molecule has 1 N–H and O–H groups in total. The minimum Gasteiger partial charge on any atom is -0.455 e. The fraction of sp³-hybridized carbons (Fsp3) is 0.263. The number of Topliss-reactive ketones (excluding diaryl/α,β-unsaturated/α-hetero) is 1. The van der Waals surface area contributed by atoms with Crippen LogP contribution in [0.5, 0.6) is 11.5 Å². The number of hydrogen-bond acceptors (Lipinski definition) is 3. The van der Waals surface area contributed by atoms with Gasteiger partial charge in [0, 0.05) is 12.8 Å². The third-order valence-corrected chi connectivity index (χ3v) is 4.08. The number of ketones is 1. The van der Waals surface area contributed by atoms with Gasteiger partial charge in [-0.05, 0) is 37.1 Å². The van der Waals surface area contributed by atoms with E-state index >= 15 is 0 Å². The molecule has 2 aromatic carbocycles. The van der Waals surface area contributed by atoms with Crippen molar-refractivity contribution in [3.05, 3.63) is 53.6 Å². The second-order valence-electron chi connectivity index (χ2n) is 5.95. The molecule has 0 aliphatic heterocycles. The summed E-state index contributed by atoms with van der Waals surface area (Å²) in [6.45, 7) is 3.98. The zero-order valence-corrected chi connectivity index (χ0v) is 13.3. The van der Waals surface area contributed by atoms with E-state index in [1.165, 1.54) is 0 Å². The number of carbonyl (C=O) groups is 2. The van der Waals surface area contributed by atoms with Crippen LogP contribution in [0.1, 0.15) is 24.0 Å². The van der Waals surface area contributed by atoms with Crippen molar-refractivity contribution >= 4 is 17.4 Å². The summed E-state index contributed by atoms with van der Waals surface area (Å²) in [6, 6.07) is 13.3. The molecule has 1 aliphatic rings. The second-order valence-corrected chi connectivity index (χ2v) is 5.95. The summed E-state index contributed by atoms with van der Waals surface area (Å²) < 4.78 is 6.04. The van der Waals surface area contributed by atoms with Crippen LogP contribution in [0.4, 0.5) is 5.69 Å². The fourth-order valence-electron chi connectivity index (χ4n) is 2.64. The molecule has 0 heterocycles. The number of ether oxygens (including phenoxy) is 1. The Bertz CT molecular complexity index is 739. The molecule has 2 aromatic rings. The van der Waals surface area contributed by atoms with Crippen LogP contribution in [-0.2, 0) is 9.59 Å². The predicted molar refractivity (Wildman–Crippen MR) is 88.8 cm³/mol. The van der Waals surface area contributed by atoms with E-state index in [4.69, 9.17) is 4.74 Å². The van der Waals surface area contributed by atoms with Gasteiger partial charge in [-0.25, -0.2) is 0 Å². The Morgan fingerprint density at radius 3 is 2.35 bits per heavy atom. The predicted octanol–water partition coefficient (Wildman–Crippen LogP) is 4.01. The van der Waals surface area contributed by atoms with Crippen LogP contribution in [0.25, 0.3) is 0 Å². The molecule has 4 nitrogen and oxygen atoms in total. The Hall–Kier alpha value is -2.62. The second kappa shape index (κ2) is 6.24. The molecule has 118 valence electrons. The number of benzene rings is 2. The van der Waals surface area contributed by atoms with Crippen molar-refractivity contribution < 1.29 is 14.3 Å². The van der Waals surface area contributed by atoms with Crippen molar-refractivity contribution in [2.24, 2.45) is 5.92 Å². The van der Waals surface area contributed by atoms with Crippen LogP contribution >= 0.6 is 0 Å². The van der Waals surface area contributed by atoms with Crippen molar-refractivity contribution in [2.75, 3.05) is 5.32 Å². The Morgan fingerprint density at radius 2 is 1.70 bits per heavy atom. The molecular formula is C19H19NO3. The van der Waals surface area contributed by atoms with E-state index in [1.54, 1.807) is 6.07 Å². The average molecular weight is 309 g/mol. The van der Waals surface area contributed by atoms with E-state index in [2.05, 4.69) is 5.32 Å². The highest BCUT2D eigenvalue weighted by atomic mass is 16.5. The molecule has 4 heteroatoms. The monoisotopic (exact) mass is 309 g/mol. The molecule has 0 spiro atoms. The zero-order valence-electron chi connectivity index (χ0n) is 13.3. The van der Waals surface area contributed by atoms with Gasteiger partial charge >= 0.3 is 0 Å². The lowest BCUT2D eigenvalue weighted by molar-refractivity contribution is -0.135. The third kappa shape index (κ3) is 3.26. The lowest BCUT2D eigenvalue weighted by atomic mass is 9.83. The number of hydrogen-bond donors (Lipinski definition) is 1. The third-order valence-electron chi connectivity index (χ3n) is 4.08. The van der Waals surface area contributed by atoms with Gasteiger partial charge in [-0.3, -0.25) is 9.59 Å². The van der Waals surface area contributed by atoms with Gasteiger partial charge in [0.15, 0.2) is 5.75 Å². The molecule has 0 bridgehead atoms. The number of para-hydroxylation sites is 3. The Morgan fingerprint density at radius 1 is 1.04 bits per heavy atom. The Labute approximate surface area is 135 Å². The molecule has 0 radical (unpaired) electrons. The molecule has 23 heavy (non-hydrogen) atoms. The zero-order chi connectivity index (χ0) is 16.4. The summed E-state index contributed by atoms with van der Waals surface area (Å²) in [5.41, 5.74) is 2.70. The van der Waals surface area contributed by atoms with Gasteiger partial charge in [-0.1, -0.05) is 30.3 Å². The van der Waals surface area contributed by atoms with Gasteiger partial charge in [0.05, 0.1) is 11.6 Å². The highest BCUT2D eigenvalue weighted by Crippen LogP contribution is 2.34. The summed E-state index contributed by atoms with van der Waals surface area (Å²) in [7, 11) is 0. The quantitative estimate of drug-likeness (QED) is 0.928. The first kappa shape index (κ1) is 15.3. The van der Waals surface area contributed by atoms with Crippen LogP contribution in [0, 0.1) is 19.8 Å². The Kier molecular flexibility index (Phi) is 4.15. The first-order valence-corrected chi connectivity index (χ1v) is 7.70. The van der Waals surface area contributed by atoms with Crippen molar-refractivity contribution in [2.45, 2.75) is 26.7 Å². The lowest BCUT2D eigenvalue weighted by Crippen LogP contribution is -2.34. The summed E-state index contributed by atoms with van der Waals surface area (Å²) in [5, 5.41) is 2.88. The molecule has 0 unspecified atom stereocenters. The maximum absolute atomic E-state index is 12.2. The van der Waals surface area contributed by atoms with E-state index in [9.17, 15) is 9.59 Å². The van der Waals surface area contributed by atoms with Crippen molar-refractivity contribution in [1.29, 1.82) is 0 Å². The topological polar surface area (TPSA) is 55.4 Å². The number of carbonyl (C=O) groups excluding carboxylic acids is 2. The maximum Gasteiger partial charge on any atom is 0.228 e. The first-order valence-electron chi connectivity index (χ1n) is 7.70. The molecule has 0 aromatic heterocycles. The standard InChI is InChI=1S/C19H19NO3/c1-12-6-5-7-13(2)18(12)23-17-9-4-3-8-16(17)20-19(22)14-10-15(21)11-14/h3-9,14H,10-11H2,1-2H3,(H,20,22). The van der Waals surface area contributed by atoms with Crippen LogP contribution in [0.3, 0.4) is 0 Å². The van der Waals surface area contributed by atoms with Gasteiger partial charge in [-0.2, -0.15) is 0 Å². The smallest absolute Gasteiger partial charge is 0.228 e. The fourth-order valence-corrected chi connectivity index (χ4v) is 2.64. The van der Waals surface area contributed by atoms with Crippen LogP contribution in [0.15, 0.2) is 42.5 Å². The van der Waals surface area contributed by atoms with E-state index < -0.39 is 0 Å². The summed E-state index contributed by atoms with van der Waals surface area (Å²) in [5.74, 6) is 1.21. The van der Waals surface area contributed by atoms with Crippen molar-refractivity contribution in [3.8, 4) is 11.5 Å². The number of rotatable bonds is 4. The maximum atomic E-state index is 12.2. The number of amides is 1. The molecule has 1 saturated carbocycles. The number of aryl methyl sites for hydroxylation is 2. The highest BCUT2D eigenvalue weighted by molar-refractivity contribution is 6.02. The highest BCUT2D eigenvalue weighted by Gasteiger charge is 2.33. The minimum atomic E-state index is -0.212. The molecule has 1 fully saturated rings. The molecule has 0 saturated heterocycles. The average Bonchev–Trinajstić information content (AvgIpc) is 2.49. The lowest BCUT2D eigenvalue weighted by Gasteiger charge is -2.23. The van der Waals surface area contributed by atoms with E-state index in [0.717, 1.165) is 16.9 Å². The van der Waals surface area contributed by atoms with E-state index in [1.807, 2.05) is 50.2 Å². The molecular weight excluding hydrogens is 290 g/mol. The molecule has 1 aliphatic carbocycles. The van der Waals surface area contributed by atoms with E-state index in [-0.39, 0.29) is 17.6 Å². The van der Waals surface area contributed by atoms with Crippen LogP contribution < -0.4 is 10.1 Å². The van der Waals surface area contributed by atoms with Crippen LogP contribution in [-0.4, -0.2) is 11.7 Å². The summed E-state index contributed by atoms with van der Waals surface area (Å²) in [6.07, 6.45) is 0.678. The number of anilines is 1. The van der Waals surface area contributed by atoms with Gasteiger partial charge in [0.25, 0.3) is 0 Å². The van der Waals surface area contributed by atoms with Gasteiger partial charge in [0.1, 0.15) is 11.5 Å². The first-order chi connectivity index (χ1) is 11.0. The molecule has 3 rings (SSSR count). The van der Waals surface area contributed by atoms with Crippen LogP contribution in [0.2, 0.25) is 0 Å². The minimum absolute atomic E-state index is 0.123. The van der Waals surface area contributed by atoms with Gasteiger partial charge < -0.3 is 10.1 Å². The summed E-state index contributed by atoms with van der Waals surface area (Å²) in [4.78, 5) is 23.2. The van der Waals surface area contributed by atoms with Crippen molar-refractivity contribution in [3.63, 3.8) is 0 Å². The largest absolute Gasteiger partial charge is 0.455 e. The SMILES string of the molecule is Cc1cccc(C)c1Oc1ccccc1NC(=O)C1CC(=O)C1. The molecule has 1 amide bonds. The van der Waals surface area contributed by atoms with Gasteiger partial charge in [-0.15, -0.1) is 0 Å². The van der Waals surface area contributed by atoms with Gasteiger partial charge in [0.2, 0.25) is 5.91 Å². The Balaban J connectivity index is 1.81.